The van der Waals surface area contributed by atoms with Gasteiger partial charge in [0.2, 0.25) is 0 Å². The lowest BCUT2D eigenvalue weighted by molar-refractivity contribution is 0.0681. The Kier molecular flexibility index (Phi) is 5.49. The van der Waals surface area contributed by atoms with Crippen LogP contribution in [0.2, 0.25) is 0 Å². The fraction of sp³-hybridized carbons (Fsp3) is 0.647. The smallest absolute Gasteiger partial charge is 0.123 e. The number of para-hydroxylation sites is 1. The minimum atomic E-state index is 0.569. The Hall–Kier alpha value is -1.10. The normalized spacial score (nSPS) is 21.6. The van der Waals surface area contributed by atoms with E-state index < -0.39 is 0 Å². The second kappa shape index (κ2) is 7.78. The first-order valence-corrected chi connectivity index (χ1v) is 8.01. The van der Waals surface area contributed by atoms with Crippen molar-refractivity contribution in [2.75, 3.05) is 33.0 Å². The van der Waals surface area contributed by atoms with Gasteiger partial charge in [-0.15, -0.1) is 0 Å². The summed E-state index contributed by atoms with van der Waals surface area (Å²) < 4.78 is 16.9. The first-order valence-electron chi connectivity index (χ1n) is 8.01. The number of hydrogen-bond donors (Lipinski definition) is 1. The third kappa shape index (κ3) is 4.99. The third-order valence-corrected chi connectivity index (χ3v) is 3.99. The van der Waals surface area contributed by atoms with Crippen molar-refractivity contribution in [3.63, 3.8) is 0 Å². The lowest BCUT2D eigenvalue weighted by Gasteiger charge is -2.13. The molecular weight excluding hydrogens is 266 g/mol. The summed E-state index contributed by atoms with van der Waals surface area (Å²) in [4.78, 5) is 0. The lowest BCUT2D eigenvalue weighted by atomic mass is 10.1. The molecular formula is C17H25NO3. The SMILES string of the molecule is c1ccc(OCCOCC2CCOC2)c(CNC2CC2)c1. The largest absolute Gasteiger partial charge is 0.491 e. The van der Waals surface area contributed by atoms with Gasteiger partial charge in [-0.3, -0.25) is 0 Å². The Morgan fingerprint density at radius 1 is 1.14 bits per heavy atom. The molecule has 3 rings (SSSR count). The Balaban J connectivity index is 1.35. The summed E-state index contributed by atoms with van der Waals surface area (Å²) in [7, 11) is 0. The minimum Gasteiger partial charge on any atom is -0.491 e. The van der Waals surface area contributed by atoms with Crippen molar-refractivity contribution < 1.29 is 14.2 Å². The van der Waals surface area contributed by atoms with Crippen molar-refractivity contribution in [1.29, 1.82) is 0 Å². The number of benzene rings is 1. The highest BCUT2D eigenvalue weighted by Gasteiger charge is 2.20. The molecule has 1 saturated heterocycles. The number of nitrogens with one attached hydrogen (secondary N) is 1. The predicted octanol–water partition coefficient (Wildman–Crippen LogP) is 2.37. The highest BCUT2D eigenvalue weighted by atomic mass is 16.5. The van der Waals surface area contributed by atoms with E-state index >= 15 is 0 Å². The molecule has 0 radical (unpaired) electrons. The zero-order chi connectivity index (χ0) is 14.3. The van der Waals surface area contributed by atoms with Crippen LogP contribution in [0.15, 0.2) is 24.3 Å². The molecule has 1 aromatic carbocycles. The van der Waals surface area contributed by atoms with Crippen LogP contribution >= 0.6 is 0 Å². The van der Waals surface area contributed by atoms with Crippen molar-refractivity contribution in [3.05, 3.63) is 29.8 Å². The van der Waals surface area contributed by atoms with Gasteiger partial charge in [-0.25, -0.2) is 0 Å². The van der Waals surface area contributed by atoms with Gasteiger partial charge >= 0.3 is 0 Å². The van der Waals surface area contributed by atoms with E-state index in [4.69, 9.17) is 14.2 Å². The minimum absolute atomic E-state index is 0.569. The van der Waals surface area contributed by atoms with Gasteiger partial charge < -0.3 is 19.5 Å². The highest BCUT2D eigenvalue weighted by molar-refractivity contribution is 5.33. The van der Waals surface area contributed by atoms with Gasteiger partial charge in [0.05, 0.1) is 19.8 Å². The van der Waals surface area contributed by atoms with Crippen LogP contribution in [0, 0.1) is 5.92 Å². The third-order valence-electron chi connectivity index (χ3n) is 3.99. The van der Waals surface area contributed by atoms with Gasteiger partial charge in [-0.2, -0.15) is 0 Å². The van der Waals surface area contributed by atoms with E-state index in [9.17, 15) is 0 Å². The molecule has 1 atom stereocenters. The Morgan fingerprint density at radius 2 is 2.05 bits per heavy atom. The van der Waals surface area contributed by atoms with Crippen LogP contribution in [0.5, 0.6) is 5.75 Å². The van der Waals surface area contributed by atoms with Crippen LogP contribution in [0.3, 0.4) is 0 Å². The van der Waals surface area contributed by atoms with Crippen molar-refractivity contribution in [2.45, 2.75) is 31.8 Å². The molecule has 0 spiro atoms. The average Bonchev–Trinajstić information content (AvgIpc) is 3.20. The molecule has 0 aromatic heterocycles. The van der Waals surface area contributed by atoms with E-state index in [0.29, 0.717) is 19.1 Å². The fourth-order valence-corrected chi connectivity index (χ4v) is 2.51. The maximum atomic E-state index is 5.86. The molecule has 2 aliphatic rings. The van der Waals surface area contributed by atoms with Gasteiger partial charge in [-0.05, 0) is 25.3 Å². The molecule has 116 valence electrons. The van der Waals surface area contributed by atoms with Crippen LogP contribution in [-0.4, -0.2) is 39.1 Å². The molecule has 1 saturated carbocycles. The summed E-state index contributed by atoms with van der Waals surface area (Å²) in [6, 6.07) is 8.96. The van der Waals surface area contributed by atoms with Gasteiger partial charge in [0.25, 0.3) is 0 Å². The highest BCUT2D eigenvalue weighted by Crippen LogP contribution is 2.22. The lowest BCUT2D eigenvalue weighted by Crippen LogP contribution is -2.17. The Bertz CT molecular complexity index is 428. The molecule has 21 heavy (non-hydrogen) atoms. The molecule has 1 unspecified atom stereocenters. The molecule has 1 heterocycles. The first-order chi connectivity index (χ1) is 10.4. The summed E-state index contributed by atoms with van der Waals surface area (Å²) in [6.45, 7) is 4.65. The molecule has 1 N–H and O–H groups in total. The van der Waals surface area contributed by atoms with Crippen LogP contribution in [-0.2, 0) is 16.0 Å². The molecule has 1 aliphatic heterocycles. The van der Waals surface area contributed by atoms with Gasteiger partial charge in [0.1, 0.15) is 12.4 Å². The standard InChI is InChI=1S/C17H25NO3/c1-2-4-17(15(3-1)11-18-16-5-6-16)21-10-9-20-13-14-7-8-19-12-14/h1-4,14,16,18H,5-13H2. The quantitative estimate of drug-likeness (QED) is 0.709. The summed E-state index contributed by atoms with van der Waals surface area (Å²) in [6.07, 6.45) is 3.74. The zero-order valence-corrected chi connectivity index (χ0v) is 12.6. The molecule has 0 bridgehead atoms. The molecule has 0 amide bonds. The van der Waals surface area contributed by atoms with Gasteiger partial charge in [0, 0.05) is 30.7 Å². The molecule has 4 heteroatoms. The summed E-state index contributed by atoms with van der Waals surface area (Å²) >= 11 is 0. The fourth-order valence-electron chi connectivity index (χ4n) is 2.51. The number of hydrogen-bond acceptors (Lipinski definition) is 4. The van der Waals surface area contributed by atoms with Crippen molar-refractivity contribution >= 4 is 0 Å². The molecule has 1 aliphatic carbocycles. The average molecular weight is 291 g/mol. The molecule has 4 nitrogen and oxygen atoms in total. The van der Waals surface area contributed by atoms with Gasteiger partial charge in [-0.1, -0.05) is 18.2 Å². The summed E-state index contributed by atoms with van der Waals surface area (Å²) in [5.41, 5.74) is 1.23. The molecule has 2 fully saturated rings. The van der Waals surface area contributed by atoms with E-state index in [2.05, 4.69) is 17.4 Å². The van der Waals surface area contributed by atoms with E-state index in [1.54, 1.807) is 0 Å². The zero-order valence-electron chi connectivity index (χ0n) is 12.6. The monoisotopic (exact) mass is 291 g/mol. The summed E-state index contributed by atoms with van der Waals surface area (Å²) in [5, 5.41) is 3.53. The second-order valence-electron chi connectivity index (χ2n) is 5.92. The predicted molar refractivity (Wildman–Crippen MR) is 81.5 cm³/mol. The number of ether oxygens (including phenoxy) is 3. The Morgan fingerprint density at radius 3 is 2.86 bits per heavy atom. The van der Waals surface area contributed by atoms with Gasteiger partial charge in [0.15, 0.2) is 0 Å². The van der Waals surface area contributed by atoms with Crippen LogP contribution in [0.25, 0.3) is 0 Å². The maximum Gasteiger partial charge on any atom is 0.123 e. The first kappa shape index (κ1) is 14.8. The van der Waals surface area contributed by atoms with Crippen LogP contribution in [0.1, 0.15) is 24.8 Å². The summed E-state index contributed by atoms with van der Waals surface area (Å²) in [5.74, 6) is 1.54. The van der Waals surface area contributed by atoms with E-state index in [0.717, 1.165) is 44.6 Å². The maximum absolute atomic E-state index is 5.86. The van der Waals surface area contributed by atoms with Crippen molar-refractivity contribution in [3.8, 4) is 5.75 Å². The second-order valence-corrected chi connectivity index (χ2v) is 5.92. The van der Waals surface area contributed by atoms with E-state index in [1.165, 1.54) is 18.4 Å². The van der Waals surface area contributed by atoms with Crippen LogP contribution in [0.4, 0.5) is 0 Å². The van der Waals surface area contributed by atoms with Crippen molar-refractivity contribution in [1.82, 2.24) is 5.32 Å². The Labute approximate surface area is 126 Å². The van der Waals surface area contributed by atoms with Crippen LogP contribution < -0.4 is 10.1 Å². The van der Waals surface area contributed by atoms with E-state index in [1.807, 2.05) is 12.1 Å². The topological polar surface area (TPSA) is 39.7 Å². The van der Waals surface area contributed by atoms with Crippen molar-refractivity contribution in [2.24, 2.45) is 5.92 Å². The molecule has 1 aromatic rings. The van der Waals surface area contributed by atoms with E-state index in [-0.39, 0.29) is 0 Å². The number of rotatable bonds is 9.